The third kappa shape index (κ3) is 4.04. The van der Waals surface area contributed by atoms with E-state index in [1.165, 1.54) is 17.5 Å². The van der Waals surface area contributed by atoms with Crippen molar-refractivity contribution in [2.45, 2.75) is 50.9 Å². The molecule has 1 saturated carbocycles. The maximum Gasteiger partial charge on any atom is 0.319 e. The lowest BCUT2D eigenvalue weighted by atomic mass is 9.64. The van der Waals surface area contributed by atoms with Crippen LogP contribution >= 0.6 is 0 Å². The van der Waals surface area contributed by atoms with E-state index in [4.69, 9.17) is 0 Å². The number of carbonyl (C=O) groups excluding carboxylic acids is 1. The average molecular weight is 336 g/mol. The van der Waals surface area contributed by atoms with E-state index < -0.39 is 0 Å². The number of nitrogens with one attached hydrogen (secondary N) is 2. The standard InChI is InChI=1S/C22H28N2O/c1-21(2,3)17-10-12-19(13-11-17)24-20(25)23-16-22(14-7-15-22)18-8-5-4-6-9-18/h4-6,8-13H,7,14-16H2,1-3H3,(H2,23,24,25). The van der Waals surface area contributed by atoms with Crippen LogP contribution in [0.1, 0.15) is 51.2 Å². The maximum absolute atomic E-state index is 12.3. The Morgan fingerprint density at radius 1 is 1.00 bits per heavy atom. The second kappa shape index (κ2) is 6.91. The molecular formula is C22H28N2O. The summed E-state index contributed by atoms with van der Waals surface area (Å²) in [5.74, 6) is 0. The average Bonchev–Trinajstić information content (AvgIpc) is 2.54. The number of amides is 2. The quantitative estimate of drug-likeness (QED) is 0.789. The summed E-state index contributed by atoms with van der Waals surface area (Å²) < 4.78 is 0. The number of hydrogen-bond donors (Lipinski definition) is 2. The summed E-state index contributed by atoms with van der Waals surface area (Å²) in [6.07, 6.45) is 3.50. The highest BCUT2D eigenvalue weighted by Gasteiger charge is 2.38. The van der Waals surface area contributed by atoms with Gasteiger partial charge < -0.3 is 10.6 Å². The van der Waals surface area contributed by atoms with Gasteiger partial charge >= 0.3 is 6.03 Å². The first-order valence-corrected chi connectivity index (χ1v) is 9.10. The molecule has 2 aromatic rings. The van der Waals surface area contributed by atoms with Crippen molar-refractivity contribution in [2.75, 3.05) is 11.9 Å². The zero-order valence-corrected chi connectivity index (χ0v) is 15.4. The number of anilines is 1. The molecule has 1 fully saturated rings. The number of carbonyl (C=O) groups is 1. The minimum atomic E-state index is -0.134. The molecule has 0 aromatic heterocycles. The largest absolute Gasteiger partial charge is 0.337 e. The van der Waals surface area contributed by atoms with Gasteiger partial charge in [-0.2, -0.15) is 0 Å². The normalized spacial score (nSPS) is 16.0. The minimum Gasteiger partial charge on any atom is -0.337 e. The van der Waals surface area contributed by atoms with Gasteiger partial charge in [0, 0.05) is 17.6 Å². The molecule has 3 rings (SSSR count). The van der Waals surface area contributed by atoms with E-state index >= 15 is 0 Å². The molecule has 2 N–H and O–H groups in total. The van der Waals surface area contributed by atoms with Gasteiger partial charge in [-0.3, -0.25) is 0 Å². The van der Waals surface area contributed by atoms with Crippen LogP contribution in [0.25, 0.3) is 0 Å². The molecular weight excluding hydrogens is 308 g/mol. The van der Waals surface area contributed by atoms with Gasteiger partial charge in [0.05, 0.1) is 0 Å². The Balaban J connectivity index is 1.58. The molecule has 3 heteroatoms. The van der Waals surface area contributed by atoms with E-state index in [-0.39, 0.29) is 16.9 Å². The molecule has 0 aliphatic heterocycles. The van der Waals surface area contributed by atoms with Gasteiger partial charge in [0.1, 0.15) is 0 Å². The second-order valence-corrected chi connectivity index (χ2v) is 8.13. The van der Waals surface area contributed by atoms with Crippen molar-refractivity contribution >= 4 is 11.7 Å². The molecule has 3 nitrogen and oxygen atoms in total. The van der Waals surface area contributed by atoms with Crippen LogP contribution in [0.3, 0.4) is 0 Å². The maximum atomic E-state index is 12.3. The lowest BCUT2D eigenvalue weighted by Gasteiger charge is -2.42. The fourth-order valence-corrected chi connectivity index (χ4v) is 3.44. The fraction of sp³-hybridized carbons (Fsp3) is 0.409. The fourth-order valence-electron chi connectivity index (χ4n) is 3.44. The van der Waals surface area contributed by atoms with Crippen LogP contribution < -0.4 is 10.6 Å². The van der Waals surface area contributed by atoms with Gasteiger partial charge in [-0.1, -0.05) is 69.7 Å². The van der Waals surface area contributed by atoms with E-state index in [2.05, 4.69) is 67.8 Å². The Morgan fingerprint density at radius 3 is 2.16 bits per heavy atom. The third-order valence-corrected chi connectivity index (χ3v) is 5.29. The molecule has 132 valence electrons. The molecule has 1 aliphatic carbocycles. The number of urea groups is 1. The highest BCUT2D eigenvalue weighted by Crippen LogP contribution is 2.43. The Bertz CT molecular complexity index is 710. The summed E-state index contributed by atoms with van der Waals surface area (Å²) in [6, 6.07) is 18.5. The molecule has 2 amide bonds. The van der Waals surface area contributed by atoms with Crippen LogP contribution in [0.4, 0.5) is 10.5 Å². The minimum absolute atomic E-state index is 0.106. The van der Waals surface area contributed by atoms with E-state index in [0.717, 1.165) is 18.5 Å². The first-order valence-electron chi connectivity index (χ1n) is 9.10. The van der Waals surface area contributed by atoms with Crippen LogP contribution in [0.2, 0.25) is 0 Å². The van der Waals surface area contributed by atoms with Gasteiger partial charge in [0.2, 0.25) is 0 Å². The van der Waals surface area contributed by atoms with Crippen LogP contribution in [0, 0.1) is 0 Å². The summed E-state index contributed by atoms with van der Waals surface area (Å²) in [5, 5.41) is 6.01. The van der Waals surface area contributed by atoms with Gasteiger partial charge in [0.25, 0.3) is 0 Å². The van der Waals surface area contributed by atoms with E-state index in [1.54, 1.807) is 0 Å². The molecule has 2 aromatic carbocycles. The van der Waals surface area contributed by atoms with Crippen molar-refractivity contribution < 1.29 is 4.79 Å². The highest BCUT2D eigenvalue weighted by atomic mass is 16.2. The number of benzene rings is 2. The molecule has 0 heterocycles. The Kier molecular flexibility index (Phi) is 4.85. The van der Waals surface area contributed by atoms with Gasteiger partial charge in [0.15, 0.2) is 0 Å². The Labute approximate surface area is 150 Å². The smallest absolute Gasteiger partial charge is 0.319 e. The Morgan fingerprint density at radius 2 is 1.64 bits per heavy atom. The summed E-state index contributed by atoms with van der Waals surface area (Å²) in [5.41, 5.74) is 3.64. The monoisotopic (exact) mass is 336 g/mol. The molecule has 1 aliphatic rings. The SMILES string of the molecule is CC(C)(C)c1ccc(NC(=O)NCC2(c3ccccc3)CCC2)cc1. The van der Waals surface area contributed by atoms with E-state index in [0.29, 0.717) is 6.54 Å². The topological polar surface area (TPSA) is 41.1 Å². The molecule has 0 bridgehead atoms. The van der Waals surface area contributed by atoms with Crippen LogP contribution in [-0.4, -0.2) is 12.6 Å². The second-order valence-electron chi connectivity index (χ2n) is 8.13. The summed E-state index contributed by atoms with van der Waals surface area (Å²) >= 11 is 0. The summed E-state index contributed by atoms with van der Waals surface area (Å²) in [7, 11) is 0. The first kappa shape index (κ1) is 17.5. The van der Waals surface area contributed by atoms with Gasteiger partial charge in [-0.15, -0.1) is 0 Å². The zero-order valence-electron chi connectivity index (χ0n) is 15.4. The zero-order chi connectivity index (χ0) is 17.9. The predicted octanol–water partition coefficient (Wildman–Crippen LogP) is 5.23. The molecule has 0 spiro atoms. The van der Waals surface area contributed by atoms with Gasteiger partial charge in [-0.25, -0.2) is 4.79 Å². The van der Waals surface area contributed by atoms with Crippen LogP contribution in [-0.2, 0) is 10.8 Å². The van der Waals surface area contributed by atoms with Crippen molar-refractivity contribution in [1.29, 1.82) is 0 Å². The molecule has 0 atom stereocenters. The third-order valence-electron chi connectivity index (χ3n) is 5.29. The van der Waals surface area contributed by atoms with E-state index in [9.17, 15) is 4.79 Å². The molecule has 0 radical (unpaired) electrons. The van der Waals surface area contributed by atoms with Crippen molar-refractivity contribution in [3.63, 3.8) is 0 Å². The predicted molar refractivity (Wildman–Crippen MR) is 104 cm³/mol. The van der Waals surface area contributed by atoms with E-state index in [1.807, 2.05) is 18.2 Å². The molecule has 0 saturated heterocycles. The highest BCUT2D eigenvalue weighted by molar-refractivity contribution is 5.89. The summed E-state index contributed by atoms with van der Waals surface area (Å²) in [6.45, 7) is 7.24. The summed E-state index contributed by atoms with van der Waals surface area (Å²) in [4.78, 5) is 12.3. The van der Waals surface area contributed by atoms with Crippen molar-refractivity contribution in [2.24, 2.45) is 0 Å². The van der Waals surface area contributed by atoms with Crippen molar-refractivity contribution in [3.8, 4) is 0 Å². The van der Waals surface area contributed by atoms with Crippen molar-refractivity contribution in [3.05, 3.63) is 65.7 Å². The van der Waals surface area contributed by atoms with Crippen molar-refractivity contribution in [1.82, 2.24) is 5.32 Å². The molecule has 0 unspecified atom stereocenters. The lowest BCUT2D eigenvalue weighted by molar-refractivity contribution is 0.222. The number of rotatable bonds is 4. The Hall–Kier alpha value is -2.29. The molecule has 25 heavy (non-hydrogen) atoms. The van der Waals surface area contributed by atoms with Crippen LogP contribution in [0.15, 0.2) is 54.6 Å². The number of hydrogen-bond acceptors (Lipinski definition) is 1. The first-order chi connectivity index (χ1) is 11.9. The van der Waals surface area contributed by atoms with Gasteiger partial charge in [-0.05, 0) is 41.5 Å². The lowest BCUT2D eigenvalue weighted by Crippen LogP contribution is -2.46. The van der Waals surface area contributed by atoms with Crippen LogP contribution in [0.5, 0.6) is 0 Å².